The standard InChI is InChI=1S/C49H31N3/c50-32-33-21-24-43-45-31-39(23-26-48(45)52(49(43)27-33)41-18-10-16-37(29-41)35-13-5-2-6-14-35)38-22-25-47-44(30-38)42-19-7-8-20-46(42)51(47)40-17-9-15-36(28-40)34-11-3-1-4-12-34/h1-31H. The van der Waals surface area contributed by atoms with Crippen LogP contribution in [-0.2, 0) is 0 Å². The minimum Gasteiger partial charge on any atom is -0.309 e. The predicted octanol–water partition coefficient (Wildman–Crippen LogP) is 12.8. The van der Waals surface area contributed by atoms with Crippen LogP contribution in [0.25, 0.3) is 88.4 Å². The Morgan fingerprint density at radius 3 is 1.35 bits per heavy atom. The summed E-state index contributed by atoms with van der Waals surface area (Å²) in [5.41, 5.74) is 14.4. The Hall–Kier alpha value is -7.15. The molecule has 8 aromatic carbocycles. The van der Waals surface area contributed by atoms with Gasteiger partial charge in [-0.05, 0) is 100 Å². The van der Waals surface area contributed by atoms with Crippen molar-refractivity contribution in [3.8, 4) is 50.8 Å². The summed E-state index contributed by atoms with van der Waals surface area (Å²) in [5.74, 6) is 0. The van der Waals surface area contributed by atoms with E-state index in [4.69, 9.17) is 0 Å². The van der Waals surface area contributed by atoms with Gasteiger partial charge < -0.3 is 9.13 Å². The number of hydrogen-bond acceptors (Lipinski definition) is 1. The Kier molecular flexibility index (Phi) is 6.87. The summed E-state index contributed by atoms with van der Waals surface area (Å²) in [6, 6.07) is 69.2. The zero-order valence-electron chi connectivity index (χ0n) is 28.2. The third-order valence-electron chi connectivity index (χ3n) is 10.3. The smallest absolute Gasteiger partial charge is 0.0992 e. The van der Waals surface area contributed by atoms with Crippen molar-refractivity contribution in [3.05, 3.63) is 194 Å². The summed E-state index contributed by atoms with van der Waals surface area (Å²) in [5, 5.41) is 14.6. The molecule has 0 bridgehead atoms. The maximum atomic E-state index is 9.86. The van der Waals surface area contributed by atoms with E-state index >= 15 is 0 Å². The lowest BCUT2D eigenvalue weighted by molar-refractivity contribution is 1.18. The summed E-state index contributed by atoms with van der Waals surface area (Å²) in [7, 11) is 0. The van der Waals surface area contributed by atoms with E-state index in [9.17, 15) is 5.26 Å². The summed E-state index contributed by atoms with van der Waals surface area (Å²) in [6.45, 7) is 0. The number of nitrogens with zero attached hydrogens (tertiary/aromatic N) is 3. The highest BCUT2D eigenvalue weighted by Gasteiger charge is 2.17. The lowest BCUT2D eigenvalue weighted by Crippen LogP contribution is -1.95. The molecule has 0 aliphatic rings. The van der Waals surface area contributed by atoms with Gasteiger partial charge >= 0.3 is 0 Å². The molecule has 0 spiro atoms. The average Bonchev–Trinajstić information content (AvgIpc) is 3.73. The van der Waals surface area contributed by atoms with Crippen LogP contribution in [0.1, 0.15) is 5.56 Å². The SMILES string of the molecule is N#Cc1ccc2c3cc(-c4ccc5c(c4)c4ccccc4n5-c4cccc(-c5ccccc5)c4)ccc3n(-c3cccc(-c4ccccc4)c3)c2c1. The Morgan fingerprint density at radius 1 is 0.308 bits per heavy atom. The molecule has 10 rings (SSSR count). The fourth-order valence-corrected chi connectivity index (χ4v) is 7.89. The topological polar surface area (TPSA) is 33.6 Å². The van der Waals surface area contributed by atoms with Crippen LogP contribution in [0.3, 0.4) is 0 Å². The molecule has 2 heterocycles. The summed E-state index contributed by atoms with van der Waals surface area (Å²) in [6.07, 6.45) is 0. The second kappa shape index (κ2) is 12.0. The minimum absolute atomic E-state index is 0.646. The average molecular weight is 662 g/mol. The number of aromatic nitrogens is 2. The largest absolute Gasteiger partial charge is 0.309 e. The molecule has 0 atom stereocenters. The van der Waals surface area contributed by atoms with Gasteiger partial charge in [-0.1, -0.05) is 121 Å². The van der Waals surface area contributed by atoms with Gasteiger partial charge in [0.1, 0.15) is 0 Å². The van der Waals surface area contributed by atoms with Gasteiger partial charge in [0.05, 0.1) is 33.7 Å². The fourth-order valence-electron chi connectivity index (χ4n) is 7.89. The molecule has 0 unspecified atom stereocenters. The van der Waals surface area contributed by atoms with Crippen LogP contribution in [0.5, 0.6) is 0 Å². The zero-order valence-corrected chi connectivity index (χ0v) is 28.2. The van der Waals surface area contributed by atoms with Gasteiger partial charge in [0.15, 0.2) is 0 Å². The monoisotopic (exact) mass is 661 g/mol. The maximum absolute atomic E-state index is 9.86. The first-order valence-electron chi connectivity index (χ1n) is 17.6. The van der Waals surface area contributed by atoms with Gasteiger partial charge in [-0.2, -0.15) is 5.26 Å². The van der Waals surface area contributed by atoms with Gasteiger partial charge in [-0.3, -0.25) is 0 Å². The molecule has 0 amide bonds. The highest BCUT2D eigenvalue weighted by Crippen LogP contribution is 2.39. The molecule has 2 aromatic heterocycles. The van der Waals surface area contributed by atoms with Crippen molar-refractivity contribution in [2.24, 2.45) is 0 Å². The van der Waals surface area contributed by atoms with E-state index in [0.29, 0.717) is 5.56 Å². The van der Waals surface area contributed by atoms with Crippen molar-refractivity contribution in [2.75, 3.05) is 0 Å². The highest BCUT2D eigenvalue weighted by molar-refractivity contribution is 6.13. The summed E-state index contributed by atoms with van der Waals surface area (Å²) in [4.78, 5) is 0. The quantitative estimate of drug-likeness (QED) is 0.181. The van der Waals surface area contributed by atoms with E-state index in [1.54, 1.807) is 0 Å². The molecule has 0 aliphatic carbocycles. The number of fused-ring (bicyclic) bond motifs is 6. The second-order valence-electron chi connectivity index (χ2n) is 13.3. The summed E-state index contributed by atoms with van der Waals surface area (Å²) >= 11 is 0. The Labute approximate surface area is 301 Å². The van der Waals surface area contributed by atoms with E-state index in [1.807, 2.05) is 18.2 Å². The molecular weight excluding hydrogens is 631 g/mol. The van der Waals surface area contributed by atoms with E-state index in [-0.39, 0.29) is 0 Å². The van der Waals surface area contributed by atoms with Gasteiger partial charge in [0.2, 0.25) is 0 Å². The van der Waals surface area contributed by atoms with Crippen LogP contribution in [0.4, 0.5) is 0 Å². The lowest BCUT2D eigenvalue weighted by Gasteiger charge is -2.11. The van der Waals surface area contributed by atoms with Crippen molar-refractivity contribution in [1.29, 1.82) is 5.26 Å². The van der Waals surface area contributed by atoms with Crippen molar-refractivity contribution < 1.29 is 0 Å². The zero-order chi connectivity index (χ0) is 34.6. The second-order valence-corrected chi connectivity index (χ2v) is 13.3. The molecule has 0 N–H and O–H groups in total. The molecule has 0 fully saturated rings. The van der Waals surface area contributed by atoms with Crippen molar-refractivity contribution in [3.63, 3.8) is 0 Å². The first kappa shape index (κ1) is 29.7. The molecule has 0 saturated carbocycles. The Balaban J connectivity index is 1.14. The van der Waals surface area contributed by atoms with E-state index in [0.717, 1.165) is 49.9 Å². The van der Waals surface area contributed by atoms with Crippen LogP contribution in [0, 0.1) is 11.3 Å². The number of nitriles is 1. The van der Waals surface area contributed by atoms with E-state index in [1.165, 1.54) is 38.5 Å². The third-order valence-corrected chi connectivity index (χ3v) is 10.3. The Morgan fingerprint density at radius 2 is 0.769 bits per heavy atom. The van der Waals surface area contributed by atoms with Crippen LogP contribution in [0.2, 0.25) is 0 Å². The Bertz CT molecular complexity index is 3010. The van der Waals surface area contributed by atoms with Crippen molar-refractivity contribution >= 4 is 43.6 Å². The van der Waals surface area contributed by atoms with E-state index in [2.05, 4.69) is 185 Å². The molecule has 0 radical (unpaired) electrons. The van der Waals surface area contributed by atoms with Gasteiger partial charge in [0, 0.05) is 32.9 Å². The molecule has 0 aliphatic heterocycles. The lowest BCUT2D eigenvalue weighted by atomic mass is 10.0. The number of rotatable bonds is 5. The number of para-hydroxylation sites is 1. The molecular formula is C49H31N3. The molecule has 242 valence electrons. The highest BCUT2D eigenvalue weighted by atomic mass is 15.0. The first-order valence-corrected chi connectivity index (χ1v) is 17.6. The van der Waals surface area contributed by atoms with Crippen LogP contribution < -0.4 is 0 Å². The normalized spacial score (nSPS) is 11.4. The molecule has 3 heteroatoms. The predicted molar refractivity (Wildman–Crippen MR) is 216 cm³/mol. The van der Waals surface area contributed by atoms with Gasteiger partial charge in [0.25, 0.3) is 0 Å². The molecule has 10 aromatic rings. The third kappa shape index (κ3) is 4.81. The molecule has 3 nitrogen and oxygen atoms in total. The summed E-state index contributed by atoms with van der Waals surface area (Å²) < 4.78 is 4.68. The van der Waals surface area contributed by atoms with Crippen LogP contribution in [0.15, 0.2) is 188 Å². The van der Waals surface area contributed by atoms with Crippen molar-refractivity contribution in [1.82, 2.24) is 9.13 Å². The van der Waals surface area contributed by atoms with E-state index < -0.39 is 0 Å². The van der Waals surface area contributed by atoms with Crippen molar-refractivity contribution in [2.45, 2.75) is 0 Å². The van der Waals surface area contributed by atoms with Crippen LogP contribution in [-0.4, -0.2) is 9.13 Å². The first-order chi connectivity index (χ1) is 25.7. The van der Waals surface area contributed by atoms with Crippen LogP contribution >= 0.6 is 0 Å². The number of hydrogen-bond donors (Lipinski definition) is 0. The van der Waals surface area contributed by atoms with Gasteiger partial charge in [-0.25, -0.2) is 0 Å². The fraction of sp³-hybridized carbons (Fsp3) is 0. The van der Waals surface area contributed by atoms with Gasteiger partial charge in [-0.15, -0.1) is 0 Å². The number of benzene rings is 8. The minimum atomic E-state index is 0.646. The molecule has 52 heavy (non-hydrogen) atoms. The molecule has 0 saturated heterocycles. The maximum Gasteiger partial charge on any atom is 0.0992 e.